The highest BCUT2D eigenvalue weighted by Crippen LogP contribution is 2.24. The molecule has 0 radical (unpaired) electrons. The van der Waals surface area contributed by atoms with E-state index in [4.69, 9.17) is 9.15 Å². The second-order valence-corrected chi connectivity index (χ2v) is 14.2. The van der Waals surface area contributed by atoms with E-state index in [1.54, 1.807) is 24.6 Å². The van der Waals surface area contributed by atoms with Crippen LogP contribution in [0, 0.1) is 11.7 Å². The van der Waals surface area contributed by atoms with E-state index in [1.165, 1.54) is 41.1 Å². The van der Waals surface area contributed by atoms with Gasteiger partial charge in [-0.1, -0.05) is 74.5 Å². The maximum atomic E-state index is 14.0. The van der Waals surface area contributed by atoms with Crippen LogP contribution in [0.3, 0.4) is 0 Å². The van der Waals surface area contributed by atoms with Crippen molar-refractivity contribution in [2.75, 3.05) is 7.05 Å². The SMILES string of the molecule is CC(C)[C@H](NN(C)C(=O)Cc1csc(-c2ccc(F)cc2)n1)C(=O)N[C@@H](Cc1ccccc1)C[C@H](O)[C@H](Cc1ccccc1)NC(=O)OCc1cnco1. The Balaban J connectivity index is 1.26. The lowest BCUT2D eigenvalue weighted by Gasteiger charge is -2.31. The molecule has 5 aromatic rings. The lowest BCUT2D eigenvalue weighted by atomic mass is 9.93. The summed E-state index contributed by atoms with van der Waals surface area (Å²) in [6, 6.07) is 22.9. The first kappa shape index (κ1) is 39.8. The number of ether oxygens (including phenoxy) is 1. The molecule has 2 aromatic heterocycles. The monoisotopic (exact) mass is 756 g/mol. The number of benzene rings is 3. The van der Waals surface area contributed by atoms with Gasteiger partial charge in [0.2, 0.25) is 11.8 Å². The van der Waals surface area contributed by atoms with E-state index in [2.05, 4.69) is 26.0 Å². The van der Waals surface area contributed by atoms with Crippen LogP contribution < -0.4 is 16.1 Å². The zero-order valence-corrected chi connectivity index (χ0v) is 31.2. The molecule has 0 aliphatic carbocycles. The Morgan fingerprint density at radius 3 is 2.24 bits per heavy atom. The van der Waals surface area contributed by atoms with Gasteiger partial charge in [0, 0.05) is 24.0 Å². The Hall–Kier alpha value is -5.44. The summed E-state index contributed by atoms with van der Waals surface area (Å²) in [6.07, 6.45) is 1.65. The minimum atomic E-state index is -1.09. The van der Waals surface area contributed by atoms with Crippen molar-refractivity contribution in [2.24, 2.45) is 5.92 Å². The van der Waals surface area contributed by atoms with Gasteiger partial charge in [0.25, 0.3) is 0 Å². The van der Waals surface area contributed by atoms with Crippen LogP contribution in [0.15, 0.2) is 107 Å². The van der Waals surface area contributed by atoms with Crippen molar-refractivity contribution in [2.45, 2.75) is 70.4 Å². The minimum absolute atomic E-state index is 0.00685. The molecule has 0 saturated heterocycles. The van der Waals surface area contributed by atoms with Gasteiger partial charge in [-0.05, 0) is 60.6 Å². The summed E-state index contributed by atoms with van der Waals surface area (Å²) in [5.74, 6) is -0.851. The molecule has 0 aliphatic heterocycles. The highest BCUT2D eigenvalue weighted by molar-refractivity contribution is 7.13. The molecule has 284 valence electrons. The molecule has 5 rings (SSSR count). The van der Waals surface area contributed by atoms with Gasteiger partial charge < -0.3 is 24.9 Å². The van der Waals surface area contributed by atoms with Crippen LogP contribution in [-0.4, -0.2) is 69.3 Å². The molecule has 0 aliphatic rings. The molecule has 0 bridgehead atoms. The van der Waals surface area contributed by atoms with E-state index in [0.717, 1.165) is 16.7 Å². The van der Waals surface area contributed by atoms with Crippen molar-refractivity contribution in [3.63, 3.8) is 0 Å². The van der Waals surface area contributed by atoms with Crippen molar-refractivity contribution in [1.29, 1.82) is 0 Å². The van der Waals surface area contributed by atoms with Gasteiger partial charge in [0.15, 0.2) is 18.8 Å². The predicted molar refractivity (Wildman–Crippen MR) is 202 cm³/mol. The van der Waals surface area contributed by atoms with E-state index in [9.17, 15) is 23.9 Å². The number of thiazole rings is 1. The van der Waals surface area contributed by atoms with Crippen molar-refractivity contribution >= 4 is 29.2 Å². The maximum absolute atomic E-state index is 14.0. The van der Waals surface area contributed by atoms with Crippen molar-refractivity contribution in [3.8, 4) is 10.6 Å². The quantitative estimate of drug-likeness (QED) is 0.0850. The van der Waals surface area contributed by atoms with E-state index in [1.807, 2.05) is 74.5 Å². The Labute approximate surface area is 317 Å². The van der Waals surface area contributed by atoms with E-state index < -0.39 is 30.3 Å². The summed E-state index contributed by atoms with van der Waals surface area (Å²) in [5.41, 5.74) is 6.21. The molecule has 54 heavy (non-hydrogen) atoms. The third-order valence-electron chi connectivity index (χ3n) is 8.72. The number of amides is 3. The standard InChI is InChI=1S/C40H45FN6O6S/c1-26(2)37(46-47(3)36(49)21-32-24-54-39(44-32)29-14-16-30(41)17-15-29)38(50)43-31(18-27-10-6-4-7-11-27)20-35(48)34(19-28-12-8-5-9-13-28)45-40(51)52-23-33-22-42-25-53-33/h4-17,22,24-26,31,34-35,37,46,48H,18-21,23H2,1-3H3,(H,43,50)(H,45,51)/t31-,34-,35-,37-/m0/s1. The first-order valence-electron chi connectivity index (χ1n) is 17.6. The Morgan fingerprint density at radius 1 is 0.944 bits per heavy atom. The van der Waals surface area contributed by atoms with Gasteiger partial charge >= 0.3 is 6.09 Å². The number of hydrogen-bond acceptors (Lipinski definition) is 10. The number of likely N-dealkylation sites (N-methyl/N-ethyl adjacent to an activating group) is 1. The van der Waals surface area contributed by atoms with Gasteiger partial charge in [-0.25, -0.2) is 24.6 Å². The lowest BCUT2D eigenvalue weighted by Crippen LogP contribution is -2.57. The number of aromatic nitrogens is 2. The topological polar surface area (TPSA) is 159 Å². The summed E-state index contributed by atoms with van der Waals surface area (Å²) in [6.45, 7) is 3.61. The van der Waals surface area contributed by atoms with Gasteiger partial charge in [0.05, 0.1) is 30.5 Å². The van der Waals surface area contributed by atoms with Gasteiger partial charge in [-0.3, -0.25) is 14.6 Å². The van der Waals surface area contributed by atoms with Crippen LogP contribution >= 0.6 is 11.3 Å². The first-order chi connectivity index (χ1) is 26.0. The number of nitrogens with zero attached hydrogens (tertiary/aromatic N) is 3. The summed E-state index contributed by atoms with van der Waals surface area (Å²) in [7, 11) is 1.56. The lowest BCUT2D eigenvalue weighted by molar-refractivity contribution is -0.135. The number of carbonyl (C=O) groups excluding carboxylic acids is 3. The fraction of sp³-hybridized carbons (Fsp3) is 0.325. The fourth-order valence-electron chi connectivity index (χ4n) is 5.81. The third kappa shape index (κ3) is 12.0. The molecule has 3 aromatic carbocycles. The second kappa shape index (κ2) is 19.6. The normalized spacial score (nSPS) is 13.4. The number of alkyl carbamates (subject to hydrolysis) is 1. The average molecular weight is 757 g/mol. The van der Waals surface area contributed by atoms with Gasteiger partial charge in [-0.2, -0.15) is 0 Å². The van der Waals surface area contributed by atoms with E-state index >= 15 is 0 Å². The average Bonchev–Trinajstić information content (AvgIpc) is 3.86. The molecule has 4 atom stereocenters. The van der Waals surface area contributed by atoms with Gasteiger partial charge in [0.1, 0.15) is 16.9 Å². The van der Waals surface area contributed by atoms with Crippen molar-refractivity contribution in [3.05, 3.63) is 131 Å². The van der Waals surface area contributed by atoms with Crippen molar-refractivity contribution in [1.82, 2.24) is 31.0 Å². The molecular formula is C40H45FN6O6S. The minimum Gasteiger partial charge on any atom is -0.445 e. The number of oxazole rings is 1. The highest BCUT2D eigenvalue weighted by Gasteiger charge is 2.31. The largest absolute Gasteiger partial charge is 0.445 e. The molecular weight excluding hydrogens is 712 g/mol. The van der Waals surface area contributed by atoms with Crippen LogP contribution in [0.1, 0.15) is 42.8 Å². The Morgan fingerprint density at radius 2 is 1.61 bits per heavy atom. The van der Waals surface area contributed by atoms with Crippen LogP contribution in [0.2, 0.25) is 0 Å². The summed E-state index contributed by atoms with van der Waals surface area (Å²) >= 11 is 1.36. The maximum Gasteiger partial charge on any atom is 0.407 e. The number of rotatable bonds is 18. The summed E-state index contributed by atoms with van der Waals surface area (Å²) in [5, 5.41) is 21.4. The number of hydrazine groups is 1. The smallest absolute Gasteiger partial charge is 0.407 e. The Bertz CT molecular complexity index is 1910. The number of carbonyl (C=O) groups is 3. The van der Waals surface area contributed by atoms with Crippen LogP contribution in [0.25, 0.3) is 10.6 Å². The number of aliphatic hydroxyl groups excluding tert-OH is 1. The predicted octanol–water partition coefficient (Wildman–Crippen LogP) is 5.48. The fourth-order valence-corrected chi connectivity index (χ4v) is 6.64. The number of halogens is 1. The first-order valence-corrected chi connectivity index (χ1v) is 18.5. The number of nitrogens with one attached hydrogen (secondary N) is 3. The van der Waals surface area contributed by atoms with E-state index in [0.29, 0.717) is 29.3 Å². The van der Waals surface area contributed by atoms with Gasteiger partial charge in [-0.15, -0.1) is 11.3 Å². The zero-order valence-electron chi connectivity index (χ0n) is 30.4. The van der Waals surface area contributed by atoms with E-state index in [-0.39, 0.29) is 43.0 Å². The molecule has 0 spiro atoms. The van der Waals surface area contributed by atoms with Crippen LogP contribution in [-0.2, 0) is 40.2 Å². The Kier molecular flexibility index (Phi) is 14.4. The number of hydrogen-bond donors (Lipinski definition) is 4. The van der Waals surface area contributed by atoms with Crippen LogP contribution in [0.4, 0.5) is 9.18 Å². The van der Waals surface area contributed by atoms with Crippen LogP contribution in [0.5, 0.6) is 0 Å². The molecule has 12 nitrogen and oxygen atoms in total. The summed E-state index contributed by atoms with van der Waals surface area (Å²) < 4.78 is 23.9. The third-order valence-corrected chi connectivity index (χ3v) is 9.66. The summed E-state index contributed by atoms with van der Waals surface area (Å²) in [4.78, 5) is 48.5. The zero-order chi connectivity index (χ0) is 38.5. The molecule has 14 heteroatoms. The molecule has 0 fully saturated rings. The number of aliphatic hydroxyl groups is 1. The molecule has 0 unspecified atom stereocenters. The second-order valence-electron chi connectivity index (χ2n) is 13.3. The highest BCUT2D eigenvalue weighted by atomic mass is 32.1. The molecule has 3 amide bonds. The van der Waals surface area contributed by atoms with Crippen molar-refractivity contribution < 1.29 is 33.0 Å². The molecule has 4 N–H and O–H groups in total. The molecule has 0 saturated carbocycles. The molecule has 2 heterocycles.